The first-order valence-corrected chi connectivity index (χ1v) is 9.29. The van der Waals surface area contributed by atoms with E-state index in [9.17, 15) is 4.79 Å². The molecule has 2 aliphatic rings. The van der Waals surface area contributed by atoms with Crippen LogP contribution in [-0.4, -0.2) is 53.6 Å². The second-order valence-electron chi connectivity index (χ2n) is 6.35. The number of carbonyl (C=O) groups is 1. The van der Waals surface area contributed by atoms with E-state index in [-0.39, 0.29) is 5.91 Å². The number of hydrogen-bond acceptors (Lipinski definition) is 5. The van der Waals surface area contributed by atoms with Gasteiger partial charge in [-0.2, -0.15) is 0 Å². The van der Waals surface area contributed by atoms with Gasteiger partial charge in [0.15, 0.2) is 0 Å². The molecule has 2 aliphatic heterocycles. The number of benzene rings is 1. The highest BCUT2D eigenvalue weighted by atomic mass is 35.5. The van der Waals surface area contributed by atoms with Gasteiger partial charge in [0.2, 0.25) is 5.95 Å². The van der Waals surface area contributed by atoms with Gasteiger partial charge in [-0.1, -0.05) is 23.2 Å². The lowest BCUT2D eigenvalue weighted by atomic mass is 10.1. The second kappa shape index (κ2) is 7.39. The van der Waals surface area contributed by atoms with Crippen molar-refractivity contribution in [1.82, 2.24) is 14.9 Å². The first-order valence-electron chi connectivity index (χ1n) is 8.53. The minimum Gasteiger partial charge on any atom is -0.378 e. The molecule has 1 amide bonds. The van der Waals surface area contributed by atoms with Gasteiger partial charge < -0.3 is 14.5 Å². The Morgan fingerprint density at radius 2 is 1.92 bits per heavy atom. The monoisotopic (exact) mass is 392 g/mol. The number of carbonyl (C=O) groups excluding carboxylic acids is 1. The highest BCUT2D eigenvalue weighted by Gasteiger charge is 2.25. The molecule has 3 heterocycles. The maximum absolute atomic E-state index is 12.8. The summed E-state index contributed by atoms with van der Waals surface area (Å²) >= 11 is 12.0. The number of fused-ring (bicyclic) bond motifs is 1. The van der Waals surface area contributed by atoms with Crippen molar-refractivity contribution in [3.63, 3.8) is 0 Å². The molecule has 1 fully saturated rings. The Morgan fingerprint density at radius 1 is 1.12 bits per heavy atom. The van der Waals surface area contributed by atoms with Crippen molar-refractivity contribution in [1.29, 1.82) is 0 Å². The van der Waals surface area contributed by atoms with Gasteiger partial charge in [-0.05, 0) is 30.2 Å². The SMILES string of the molecule is O=C(c1ccc(Cl)c(Cl)c1)N1CCc2cnc(N3CCOCC3)nc2C1. The van der Waals surface area contributed by atoms with E-state index in [4.69, 9.17) is 32.9 Å². The van der Waals surface area contributed by atoms with Crippen molar-refractivity contribution in [2.24, 2.45) is 0 Å². The van der Waals surface area contributed by atoms with E-state index in [0.717, 1.165) is 30.8 Å². The van der Waals surface area contributed by atoms with Gasteiger partial charge in [-0.3, -0.25) is 4.79 Å². The summed E-state index contributed by atoms with van der Waals surface area (Å²) in [5.74, 6) is 0.636. The number of anilines is 1. The van der Waals surface area contributed by atoms with E-state index in [0.29, 0.717) is 47.9 Å². The van der Waals surface area contributed by atoms with Crippen molar-refractivity contribution >= 4 is 35.1 Å². The first-order chi connectivity index (χ1) is 12.6. The molecular weight excluding hydrogens is 375 g/mol. The minimum absolute atomic E-state index is 0.0687. The van der Waals surface area contributed by atoms with Crippen LogP contribution in [0.4, 0.5) is 5.95 Å². The first kappa shape index (κ1) is 17.5. The van der Waals surface area contributed by atoms with Crippen LogP contribution in [-0.2, 0) is 17.7 Å². The minimum atomic E-state index is -0.0687. The number of nitrogens with zero attached hydrogens (tertiary/aromatic N) is 4. The van der Waals surface area contributed by atoms with Crippen molar-refractivity contribution in [2.45, 2.75) is 13.0 Å². The molecule has 1 aromatic carbocycles. The summed E-state index contributed by atoms with van der Waals surface area (Å²) in [5.41, 5.74) is 2.53. The van der Waals surface area contributed by atoms with E-state index in [1.165, 1.54) is 0 Å². The smallest absolute Gasteiger partial charge is 0.254 e. The third-order valence-electron chi connectivity index (χ3n) is 4.68. The standard InChI is InChI=1S/C18H18Cl2N4O2/c19-14-2-1-12(9-15(14)20)17(25)24-4-3-13-10-21-18(22-16(13)11-24)23-5-7-26-8-6-23/h1-2,9-10H,3-8,11H2. The largest absolute Gasteiger partial charge is 0.378 e. The topological polar surface area (TPSA) is 58.6 Å². The van der Waals surface area contributed by atoms with Crippen molar-refractivity contribution in [3.8, 4) is 0 Å². The summed E-state index contributed by atoms with van der Waals surface area (Å²) < 4.78 is 5.38. The van der Waals surface area contributed by atoms with E-state index in [1.807, 2.05) is 6.20 Å². The maximum Gasteiger partial charge on any atom is 0.254 e. The molecule has 1 saturated heterocycles. The predicted molar refractivity (Wildman–Crippen MR) is 100.0 cm³/mol. The predicted octanol–water partition coefficient (Wildman–Crippen LogP) is 2.82. The number of morpholine rings is 1. The van der Waals surface area contributed by atoms with Crippen LogP contribution in [0.3, 0.4) is 0 Å². The van der Waals surface area contributed by atoms with Gasteiger partial charge >= 0.3 is 0 Å². The molecule has 0 aliphatic carbocycles. The third kappa shape index (κ3) is 3.49. The molecule has 0 unspecified atom stereocenters. The van der Waals surface area contributed by atoms with Crippen LogP contribution in [0.15, 0.2) is 24.4 Å². The number of hydrogen-bond donors (Lipinski definition) is 0. The summed E-state index contributed by atoms with van der Waals surface area (Å²) in [5, 5.41) is 0.821. The summed E-state index contributed by atoms with van der Waals surface area (Å²) in [6, 6.07) is 4.96. The molecule has 6 nitrogen and oxygen atoms in total. The van der Waals surface area contributed by atoms with Crippen LogP contribution < -0.4 is 4.90 Å². The molecule has 0 radical (unpaired) electrons. The van der Waals surface area contributed by atoms with Crippen molar-refractivity contribution < 1.29 is 9.53 Å². The van der Waals surface area contributed by atoms with Gasteiger partial charge in [0.05, 0.1) is 35.5 Å². The fraction of sp³-hybridized carbons (Fsp3) is 0.389. The van der Waals surface area contributed by atoms with Crippen LogP contribution in [0.1, 0.15) is 21.6 Å². The number of rotatable bonds is 2. The molecule has 0 spiro atoms. The average molecular weight is 393 g/mol. The molecule has 2 aromatic rings. The second-order valence-corrected chi connectivity index (χ2v) is 7.16. The van der Waals surface area contributed by atoms with E-state index < -0.39 is 0 Å². The average Bonchev–Trinajstić information content (AvgIpc) is 2.69. The van der Waals surface area contributed by atoms with E-state index in [2.05, 4.69) is 9.88 Å². The van der Waals surface area contributed by atoms with E-state index >= 15 is 0 Å². The Morgan fingerprint density at radius 3 is 2.69 bits per heavy atom. The lowest BCUT2D eigenvalue weighted by Gasteiger charge is -2.30. The molecular formula is C18H18Cl2N4O2. The third-order valence-corrected chi connectivity index (χ3v) is 5.42. The van der Waals surface area contributed by atoms with Crippen LogP contribution in [0.2, 0.25) is 10.0 Å². The molecule has 0 N–H and O–H groups in total. The lowest BCUT2D eigenvalue weighted by Crippen LogP contribution is -2.39. The Balaban J connectivity index is 1.54. The molecule has 1 aromatic heterocycles. The van der Waals surface area contributed by atoms with Gasteiger partial charge in [-0.15, -0.1) is 0 Å². The summed E-state index contributed by atoms with van der Waals surface area (Å²) in [7, 11) is 0. The van der Waals surface area contributed by atoms with Crippen molar-refractivity contribution in [3.05, 3.63) is 51.3 Å². The Kier molecular flexibility index (Phi) is 4.98. The summed E-state index contributed by atoms with van der Waals surface area (Å²) in [6.07, 6.45) is 2.62. The van der Waals surface area contributed by atoms with Gasteiger partial charge in [0.25, 0.3) is 5.91 Å². The summed E-state index contributed by atoms with van der Waals surface area (Å²) in [4.78, 5) is 25.9. The van der Waals surface area contributed by atoms with Crippen molar-refractivity contribution in [2.75, 3.05) is 37.7 Å². The Bertz CT molecular complexity index is 840. The molecule has 8 heteroatoms. The number of halogens is 2. The Labute approximate surface area is 161 Å². The van der Waals surface area contributed by atoms with Crippen LogP contribution in [0, 0.1) is 0 Å². The fourth-order valence-electron chi connectivity index (χ4n) is 3.19. The molecule has 4 rings (SSSR count). The summed E-state index contributed by atoms with van der Waals surface area (Å²) in [6.45, 7) is 4.03. The quantitative estimate of drug-likeness (QED) is 0.786. The number of amides is 1. The fourth-order valence-corrected chi connectivity index (χ4v) is 3.49. The van der Waals surface area contributed by atoms with Gasteiger partial charge in [-0.25, -0.2) is 9.97 Å². The van der Waals surface area contributed by atoms with Crippen LogP contribution >= 0.6 is 23.2 Å². The van der Waals surface area contributed by atoms with Gasteiger partial charge in [0, 0.05) is 31.4 Å². The zero-order valence-corrected chi connectivity index (χ0v) is 15.6. The maximum atomic E-state index is 12.8. The molecule has 0 bridgehead atoms. The number of aromatic nitrogens is 2. The Hall–Kier alpha value is -1.89. The lowest BCUT2D eigenvalue weighted by molar-refractivity contribution is 0.0731. The highest BCUT2D eigenvalue weighted by molar-refractivity contribution is 6.42. The molecule has 136 valence electrons. The molecule has 0 saturated carbocycles. The highest BCUT2D eigenvalue weighted by Crippen LogP contribution is 2.25. The zero-order valence-electron chi connectivity index (χ0n) is 14.1. The zero-order chi connectivity index (χ0) is 18.1. The van der Waals surface area contributed by atoms with Crippen LogP contribution in [0.25, 0.3) is 0 Å². The van der Waals surface area contributed by atoms with Gasteiger partial charge in [0.1, 0.15) is 0 Å². The normalized spacial score (nSPS) is 17.2. The van der Waals surface area contributed by atoms with E-state index in [1.54, 1.807) is 23.1 Å². The molecule has 0 atom stereocenters. The van der Waals surface area contributed by atoms with Crippen LogP contribution in [0.5, 0.6) is 0 Å². The molecule has 26 heavy (non-hydrogen) atoms. The number of ether oxygens (including phenoxy) is 1.